The number of unbranched alkanes of at least 4 members (excludes halogenated alkanes) is 5. The van der Waals surface area contributed by atoms with Crippen molar-refractivity contribution in [1.82, 2.24) is 0 Å². The van der Waals surface area contributed by atoms with Crippen LogP contribution < -0.4 is 0 Å². The van der Waals surface area contributed by atoms with Gasteiger partial charge in [0.05, 0.1) is 0 Å². The molecule has 20 heavy (non-hydrogen) atoms. The number of rotatable bonds is 10. The summed E-state index contributed by atoms with van der Waals surface area (Å²) in [6, 6.07) is 8.84. The average molecular weight is 272 g/mol. The van der Waals surface area contributed by atoms with Gasteiger partial charge in [-0.2, -0.15) is 0 Å². The molecule has 0 heteroatoms. The maximum Gasteiger partial charge on any atom is -0.0227 e. The minimum Gasteiger partial charge on any atom is -0.0985 e. The van der Waals surface area contributed by atoms with E-state index in [1.165, 1.54) is 62.5 Å². The van der Waals surface area contributed by atoms with E-state index in [-0.39, 0.29) is 0 Å². The zero-order chi connectivity index (χ0) is 14.8. The summed E-state index contributed by atoms with van der Waals surface area (Å²) in [5.41, 5.74) is 3.08. The van der Waals surface area contributed by atoms with Crippen LogP contribution in [0.1, 0.15) is 76.8 Å². The van der Waals surface area contributed by atoms with Crippen molar-refractivity contribution in [2.45, 2.75) is 72.1 Å². The molecule has 0 bridgehead atoms. The van der Waals surface area contributed by atoms with Gasteiger partial charge in [0.2, 0.25) is 0 Å². The first-order valence-corrected chi connectivity index (χ1v) is 8.29. The van der Waals surface area contributed by atoms with Crippen molar-refractivity contribution < 1.29 is 0 Å². The van der Waals surface area contributed by atoms with Gasteiger partial charge in [0, 0.05) is 0 Å². The Balaban J connectivity index is 2.30. The van der Waals surface area contributed by atoms with Crippen LogP contribution in [0, 0.1) is 5.41 Å². The molecule has 0 aromatic heterocycles. The van der Waals surface area contributed by atoms with E-state index in [0.717, 1.165) is 0 Å². The highest BCUT2D eigenvalue weighted by molar-refractivity contribution is 5.47. The fraction of sp³-hybridized carbons (Fsp3) is 0.600. The molecule has 0 spiro atoms. The van der Waals surface area contributed by atoms with E-state index < -0.39 is 0 Å². The second-order valence-corrected chi connectivity index (χ2v) is 6.80. The third-order valence-corrected chi connectivity index (χ3v) is 4.11. The van der Waals surface area contributed by atoms with Gasteiger partial charge in [-0.1, -0.05) is 96.2 Å². The van der Waals surface area contributed by atoms with Crippen LogP contribution in [-0.4, -0.2) is 0 Å². The van der Waals surface area contributed by atoms with Crippen molar-refractivity contribution in [2.24, 2.45) is 5.41 Å². The molecule has 0 aliphatic heterocycles. The molecule has 0 N–H and O–H groups in total. The fourth-order valence-corrected chi connectivity index (χ4v) is 2.80. The molecule has 0 fully saturated rings. The van der Waals surface area contributed by atoms with Crippen LogP contribution in [0.15, 0.2) is 30.8 Å². The summed E-state index contributed by atoms with van der Waals surface area (Å²) < 4.78 is 0. The molecule has 0 radical (unpaired) electrons. The monoisotopic (exact) mass is 272 g/mol. The Hall–Kier alpha value is -1.04. The van der Waals surface area contributed by atoms with Crippen molar-refractivity contribution in [3.05, 3.63) is 42.0 Å². The van der Waals surface area contributed by atoms with Crippen LogP contribution in [0.3, 0.4) is 0 Å². The average Bonchev–Trinajstić information content (AvgIpc) is 2.43. The van der Waals surface area contributed by atoms with Crippen molar-refractivity contribution in [3.63, 3.8) is 0 Å². The lowest BCUT2D eigenvalue weighted by molar-refractivity contribution is 0.316. The Morgan fingerprint density at radius 1 is 0.950 bits per heavy atom. The third kappa shape index (κ3) is 6.93. The third-order valence-electron chi connectivity index (χ3n) is 4.11. The van der Waals surface area contributed by atoms with E-state index in [9.17, 15) is 0 Å². The molecule has 0 saturated carbocycles. The Morgan fingerprint density at radius 3 is 2.15 bits per heavy atom. The molecule has 0 heterocycles. The molecule has 0 amide bonds. The Morgan fingerprint density at radius 2 is 1.55 bits per heavy atom. The van der Waals surface area contributed by atoms with Crippen molar-refractivity contribution >= 4 is 6.08 Å². The fourth-order valence-electron chi connectivity index (χ4n) is 2.80. The van der Waals surface area contributed by atoms with Crippen LogP contribution >= 0.6 is 0 Å². The van der Waals surface area contributed by atoms with E-state index >= 15 is 0 Å². The molecule has 0 nitrogen and oxygen atoms in total. The van der Waals surface area contributed by atoms with Gasteiger partial charge in [-0.05, 0) is 29.4 Å². The quantitative estimate of drug-likeness (QED) is 0.418. The maximum atomic E-state index is 3.81. The van der Waals surface area contributed by atoms with Gasteiger partial charge in [0.15, 0.2) is 0 Å². The Kier molecular flexibility index (Phi) is 7.65. The summed E-state index contributed by atoms with van der Waals surface area (Å²) in [5.74, 6) is 0. The van der Waals surface area contributed by atoms with Gasteiger partial charge < -0.3 is 0 Å². The molecule has 1 aromatic rings. The molecule has 1 aromatic carbocycles. The van der Waals surface area contributed by atoms with E-state index in [4.69, 9.17) is 0 Å². The lowest BCUT2D eigenvalue weighted by Crippen LogP contribution is -2.14. The van der Waals surface area contributed by atoms with E-state index in [1.807, 2.05) is 6.08 Å². The van der Waals surface area contributed by atoms with E-state index in [2.05, 4.69) is 51.6 Å². The summed E-state index contributed by atoms with van der Waals surface area (Å²) in [6.45, 7) is 10.9. The summed E-state index contributed by atoms with van der Waals surface area (Å²) in [5, 5.41) is 0. The standard InChI is InChI=1S/C20H32/c1-5-7-8-9-10-11-16-20(3,4)17-19-14-12-18(6-2)13-15-19/h6,12-15H,2,5,7-11,16-17H2,1,3-4H3. The van der Waals surface area contributed by atoms with Gasteiger partial charge >= 0.3 is 0 Å². The van der Waals surface area contributed by atoms with Gasteiger partial charge in [-0.25, -0.2) is 0 Å². The van der Waals surface area contributed by atoms with E-state index in [1.54, 1.807) is 0 Å². The molecule has 0 atom stereocenters. The molecule has 0 aliphatic carbocycles. The highest BCUT2D eigenvalue weighted by Gasteiger charge is 2.17. The van der Waals surface area contributed by atoms with Crippen LogP contribution in [0.5, 0.6) is 0 Å². The molecule has 1 rings (SSSR count). The number of benzene rings is 1. The van der Waals surface area contributed by atoms with Crippen LogP contribution in [-0.2, 0) is 6.42 Å². The Labute approximate surface area is 126 Å². The normalized spacial score (nSPS) is 11.6. The SMILES string of the molecule is C=Cc1ccc(CC(C)(C)CCCCCCCC)cc1. The van der Waals surface area contributed by atoms with Crippen LogP contribution in [0.2, 0.25) is 0 Å². The molecule has 0 unspecified atom stereocenters. The van der Waals surface area contributed by atoms with Crippen LogP contribution in [0.25, 0.3) is 6.08 Å². The number of hydrogen-bond acceptors (Lipinski definition) is 0. The molecule has 112 valence electrons. The summed E-state index contributed by atoms with van der Waals surface area (Å²) in [7, 11) is 0. The zero-order valence-corrected chi connectivity index (χ0v) is 13.8. The molecular weight excluding hydrogens is 240 g/mol. The predicted octanol–water partition coefficient (Wildman–Crippen LogP) is 6.65. The first kappa shape index (κ1) is 17.0. The van der Waals surface area contributed by atoms with Gasteiger partial charge in [0.1, 0.15) is 0 Å². The topological polar surface area (TPSA) is 0 Å². The highest BCUT2D eigenvalue weighted by atomic mass is 14.2. The first-order valence-electron chi connectivity index (χ1n) is 8.29. The predicted molar refractivity (Wildman–Crippen MR) is 92.0 cm³/mol. The molecule has 0 aliphatic rings. The molecular formula is C20H32. The minimum absolute atomic E-state index is 0.417. The van der Waals surface area contributed by atoms with Crippen molar-refractivity contribution in [2.75, 3.05) is 0 Å². The second-order valence-electron chi connectivity index (χ2n) is 6.80. The second kappa shape index (κ2) is 9.00. The molecule has 0 saturated heterocycles. The van der Waals surface area contributed by atoms with Crippen molar-refractivity contribution in [1.29, 1.82) is 0 Å². The highest BCUT2D eigenvalue weighted by Crippen LogP contribution is 2.28. The summed E-state index contributed by atoms with van der Waals surface area (Å²) in [6.07, 6.45) is 12.8. The summed E-state index contributed by atoms with van der Waals surface area (Å²) in [4.78, 5) is 0. The van der Waals surface area contributed by atoms with E-state index in [0.29, 0.717) is 5.41 Å². The van der Waals surface area contributed by atoms with Gasteiger partial charge in [-0.3, -0.25) is 0 Å². The zero-order valence-electron chi connectivity index (χ0n) is 13.8. The largest absolute Gasteiger partial charge is 0.0985 e. The lowest BCUT2D eigenvalue weighted by atomic mass is 9.81. The maximum absolute atomic E-state index is 3.81. The lowest BCUT2D eigenvalue weighted by Gasteiger charge is -2.25. The van der Waals surface area contributed by atoms with Crippen LogP contribution in [0.4, 0.5) is 0 Å². The number of hydrogen-bond donors (Lipinski definition) is 0. The van der Waals surface area contributed by atoms with Gasteiger partial charge in [0.25, 0.3) is 0 Å². The first-order chi connectivity index (χ1) is 9.57. The smallest absolute Gasteiger partial charge is 0.0227 e. The summed E-state index contributed by atoms with van der Waals surface area (Å²) >= 11 is 0. The Bertz CT molecular complexity index is 370. The minimum atomic E-state index is 0.417. The van der Waals surface area contributed by atoms with Gasteiger partial charge in [-0.15, -0.1) is 0 Å². The van der Waals surface area contributed by atoms with Crippen molar-refractivity contribution in [3.8, 4) is 0 Å².